The Hall–Kier alpha value is -0.410. The van der Waals surface area contributed by atoms with Gasteiger partial charge in [-0.15, -0.1) is 12.4 Å². The lowest BCUT2D eigenvalue weighted by Crippen LogP contribution is -2.53. The second-order valence-corrected chi connectivity index (χ2v) is 8.90. The van der Waals surface area contributed by atoms with Crippen molar-refractivity contribution in [1.82, 2.24) is 4.31 Å². The zero-order valence-electron chi connectivity index (χ0n) is 13.2. The van der Waals surface area contributed by atoms with E-state index in [0.717, 1.165) is 6.07 Å². The number of halogens is 3. The molecule has 1 saturated heterocycles. The number of rotatable bonds is 3. The van der Waals surface area contributed by atoms with E-state index in [4.69, 9.17) is 10.5 Å². The fourth-order valence-corrected chi connectivity index (χ4v) is 4.64. The van der Waals surface area contributed by atoms with Crippen molar-refractivity contribution in [2.45, 2.75) is 31.2 Å². The summed E-state index contributed by atoms with van der Waals surface area (Å²) >= 11 is 3.03. The second-order valence-electron chi connectivity index (χ2n) is 6.14. The highest BCUT2D eigenvalue weighted by atomic mass is 79.9. The molecule has 1 aliphatic rings. The van der Waals surface area contributed by atoms with Crippen LogP contribution in [-0.2, 0) is 10.0 Å². The lowest BCUT2D eigenvalue weighted by Gasteiger charge is -2.41. The summed E-state index contributed by atoms with van der Waals surface area (Å²) < 4.78 is 46.1. The summed E-state index contributed by atoms with van der Waals surface area (Å²) in [5.41, 5.74) is 5.70. The Morgan fingerprint density at radius 3 is 2.57 bits per heavy atom. The van der Waals surface area contributed by atoms with Crippen LogP contribution in [0.1, 0.15) is 20.3 Å². The van der Waals surface area contributed by atoms with Gasteiger partial charge in [-0.3, -0.25) is 0 Å². The summed E-state index contributed by atoms with van der Waals surface area (Å²) in [6.07, 6.45) is 0.563. The van der Waals surface area contributed by atoms with Gasteiger partial charge >= 0.3 is 0 Å². The average Bonchev–Trinajstić information content (AvgIpc) is 2.44. The largest absolute Gasteiger partial charge is 0.495 e. The van der Waals surface area contributed by atoms with Crippen molar-refractivity contribution < 1.29 is 17.5 Å². The van der Waals surface area contributed by atoms with Crippen LogP contribution in [0.2, 0.25) is 0 Å². The summed E-state index contributed by atoms with van der Waals surface area (Å²) in [6.45, 7) is 4.46. The van der Waals surface area contributed by atoms with Crippen LogP contribution in [0, 0.1) is 11.2 Å². The van der Waals surface area contributed by atoms with E-state index in [9.17, 15) is 12.8 Å². The number of sulfonamides is 1. The van der Waals surface area contributed by atoms with Gasteiger partial charge in [-0.2, -0.15) is 4.31 Å². The quantitative estimate of drug-likeness (QED) is 0.799. The van der Waals surface area contributed by atoms with Crippen molar-refractivity contribution in [2.75, 3.05) is 20.2 Å². The smallest absolute Gasteiger partial charge is 0.246 e. The molecule has 0 saturated carbocycles. The molecule has 1 heterocycles. The van der Waals surface area contributed by atoms with E-state index in [1.165, 1.54) is 17.5 Å². The summed E-state index contributed by atoms with van der Waals surface area (Å²) in [7, 11) is -2.49. The van der Waals surface area contributed by atoms with E-state index in [1.54, 1.807) is 0 Å². The highest BCUT2D eigenvalue weighted by Crippen LogP contribution is 2.36. The predicted octanol–water partition coefficient (Wildman–Crippen LogP) is 2.77. The minimum Gasteiger partial charge on any atom is -0.495 e. The van der Waals surface area contributed by atoms with Gasteiger partial charge in [0.1, 0.15) is 16.5 Å². The molecule has 1 atom stereocenters. The van der Waals surface area contributed by atoms with Crippen molar-refractivity contribution in [3.63, 3.8) is 0 Å². The SMILES string of the molecule is COc1cc(Br)c(F)cc1S(=O)(=O)N1CCC(N)C(C)(C)C1.Cl. The molecular weight excluding hydrogens is 411 g/mol. The highest BCUT2D eigenvalue weighted by molar-refractivity contribution is 9.10. The molecule has 1 fully saturated rings. The molecule has 1 aromatic carbocycles. The molecule has 0 amide bonds. The maximum Gasteiger partial charge on any atom is 0.246 e. The monoisotopic (exact) mass is 430 g/mol. The van der Waals surface area contributed by atoms with Gasteiger partial charge in [0.2, 0.25) is 10.0 Å². The topological polar surface area (TPSA) is 72.6 Å². The van der Waals surface area contributed by atoms with E-state index >= 15 is 0 Å². The fraction of sp³-hybridized carbons (Fsp3) is 0.571. The van der Waals surface area contributed by atoms with Crippen LogP contribution in [0.25, 0.3) is 0 Å². The van der Waals surface area contributed by atoms with Crippen molar-refractivity contribution in [3.8, 4) is 5.75 Å². The van der Waals surface area contributed by atoms with Crippen LogP contribution in [0.5, 0.6) is 5.75 Å². The Morgan fingerprint density at radius 2 is 2.04 bits per heavy atom. The van der Waals surface area contributed by atoms with E-state index in [-0.39, 0.29) is 45.5 Å². The van der Waals surface area contributed by atoms with Crippen molar-refractivity contribution in [1.29, 1.82) is 0 Å². The van der Waals surface area contributed by atoms with E-state index in [1.807, 2.05) is 13.8 Å². The number of hydrogen-bond donors (Lipinski definition) is 1. The third kappa shape index (κ3) is 3.99. The van der Waals surface area contributed by atoms with Crippen molar-refractivity contribution >= 4 is 38.4 Å². The first-order chi connectivity index (χ1) is 10.1. The average molecular weight is 432 g/mol. The van der Waals surface area contributed by atoms with E-state index < -0.39 is 15.8 Å². The Bertz CT molecular complexity index is 685. The number of nitrogens with two attached hydrogens (primary N) is 1. The van der Waals surface area contributed by atoms with Gasteiger partial charge in [-0.25, -0.2) is 12.8 Å². The third-order valence-corrected chi connectivity index (χ3v) is 6.58. The van der Waals surface area contributed by atoms with Gasteiger partial charge in [0, 0.05) is 19.1 Å². The standard InChI is InChI=1S/C14H20BrFN2O3S.ClH/c1-14(2)8-18(5-4-13(14)17)22(19,20)12-7-10(16)9(15)6-11(12)21-3;/h6-7,13H,4-5,8,17H2,1-3H3;1H. The van der Waals surface area contributed by atoms with Gasteiger partial charge in [0.15, 0.2) is 0 Å². The maximum absolute atomic E-state index is 13.8. The molecule has 1 unspecified atom stereocenters. The van der Waals surface area contributed by atoms with Gasteiger partial charge in [-0.05, 0) is 39.9 Å². The summed E-state index contributed by atoms with van der Waals surface area (Å²) in [5, 5.41) is 0. The first kappa shape index (κ1) is 20.6. The first-order valence-electron chi connectivity index (χ1n) is 6.88. The van der Waals surface area contributed by atoms with Gasteiger partial charge in [0.25, 0.3) is 0 Å². The Morgan fingerprint density at radius 1 is 1.43 bits per heavy atom. The zero-order chi connectivity index (χ0) is 16.7. The van der Waals surface area contributed by atoms with E-state index in [0.29, 0.717) is 13.0 Å². The van der Waals surface area contributed by atoms with Crippen LogP contribution in [0.3, 0.4) is 0 Å². The Kier molecular flexibility index (Phi) is 6.48. The van der Waals surface area contributed by atoms with Crippen LogP contribution in [-0.4, -0.2) is 39.0 Å². The number of benzene rings is 1. The minimum absolute atomic E-state index is 0. The van der Waals surface area contributed by atoms with Crippen molar-refractivity contribution in [2.24, 2.45) is 11.1 Å². The molecule has 0 spiro atoms. The van der Waals surface area contributed by atoms with Gasteiger partial charge in [-0.1, -0.05) is 13.8 Å². The summed E-state index contributed by atoms with van der Waals surface area (Å²) in [6, 6.07) is 2.24. The molecule has 0 aromatic heterocycles. The molecule has 9 heteroatoms. The molecule has 23 heavy (non-hydrogen) atoms. The number of methoxy groups -OCH3 is 1. The Labute approximate surface area is 151 Å². The summed E-state index contributed by atoms with van der Waals surface area (Å²) in [4.78, 5) is -0.165. The van der Waals surface area contributed by atoms with Crippen LogP contribution in [0.4, 0.5) is 4.39 Å². The number of ether oxygens (including phenoxy) is 1. The molecule has 2 rings (SSSR count). The first-order valence-corrected chi connectivity index (χ1v) is 9.11. The van der Waals surface area contributed by atoms with E-state index in [2.05, 4.69) is 15.9 Å². The fourth-order valence-electron chi connectivity index (χ4n) is 2.54. The minimum atomic E-state index is -3.85. The maximum atomic E-state index is 13.8. The van der Waals surface area contributed by atoms with Crippen LogP contribution in [0.15, 0.2) is 21.5 Å². The molecular formula is C14H21BrClFN2O3S. The Balaban J connectivity index is 0.00000264. The van der Waals surface area contributed by atoms with Gasteiger partial charge in [0.05, 0.1) is 11.6 Å². The second kappa shape index (κ2) is 7.23. The highest BCUT2D eigenvalue weighted by Gasteiger charge is 2.40. The number of hydrogen-bond acceptors (Lipinski definition) is 4. The molecule has 1 aliphatic heterocycles. The van der Waals surface area contributed by atoms with Crippen LogP contribution < -0.4 is 10.5 Å². The van der Waals surface area contributed by atoms with Crippen LogP contribution >= 0.6 is 28.3 Å². The zero-order valence-corrected chi connectivity index (χ0v) is 16.4. The molecule has 132 valence electrons. The molecule has 1 aromatic rings. The predicted molar refractivity (Wildman–Crippen MR) is 93.0 cm³/mol. The summed E-state index contributed by atoms with van der Waals surface area (Å²) in [5.74, 6) is -0.534. The normalized spacial score (nSPS) is 21.6. The molecule has 0 bridgehead atoms. The molecule has 5 nitrogen and oxygen atoms in total. The third-order valence-electron chi connectivity index (χ3n) is 4.10. The molecule has 0 aliphatic carbocycles. The number of piperidine rings is 1. The lowest BCUT2D eigenvalue weighted by molar-refractivity contribution is 0.155. The molecule has 2 N–H and O–H groups in total. The molecule has 0 radical (unpaired) electrons. The van der Waals surface area contributed by atoms with Crippen molar-refractivity contribution in [3.05, 3.63) is 22.4 Å². The van der Waals surface area contributed by atoms with Gasteiger partial charge < -0.3 is 10.5 Å². The number of nitrogens with zero attached hydrogens (tertiary/aromatic N) is 1. The lowest BCUT2D eigenvalue weighted by atomic mass is 9.81.